The zero-order chi connectivity index (χ0) is 12.6. The highest BCUT2D eigenvalue weighted by Gasteiger charge is 2.09. The van der Waals surface area contributed by atoms with Gasteiger partial charge in [0.25, 0.3) is 0 Å². The van der Waals surface area contributed by atoms with Gasteiger partial charge in [0.05, 0.1) is 11.4 Å². The fourth-order valence-corrected chi connectivity index (χ4v) is 1.75. The van der Waals surface area contributed by atoms with Crippen LogP contribution in [0.15, 0.2) is 18.2 Å². The normalized spacial score (nSPS) is 10.6. The number of nitrogens with two attached hydrogens (primary N) is 1. The van der Waals surface area contributed by atoms with Crippen LogP contribution in [0.25, 0.3) is 11.3 Å². The summed E-state index contributed by atoms with van der Waals surface area (Å²) in [5.41, 5.74) is 10.2. The average molecular weight is 248 g/mol. The van der Waals surface area contributed by atoms with E-state index in [1.807, 2.05) is 39.0 Å². The lowest BCUT2D eigenvalue weighted by atomic mass is 10.1. The van der Waals surface area contributed by atoms with Gasteiger partial charge in [0.2, 0.25) is 0 Å². The molecule has 1 heterocycles. The molecular formula is C13H14ClN3. The van der Waals surface area contributed by atoms with Gasteiger partial charge in [-0.25, -0.2) is 9.97 Å². The molecule has 0 saturated carbocycles. The lowest BCUT2D eigenvalue weighted by Gasteiger charge is -2.08. The zero-order valence-electron chi connectivity index (χ0n) is 10.1. The summed E-state index contributed by atoms with van der Waals surface area (Å²) in [6.45, 7) is 5.77. The topological polar surface area (TPSA) is 51.8 Å². The number of halogens is 1. The minimum atomic E-state index is 0.438. The third-order valence-corrected chi connectivity index (χ3v) is 3.19. The van der Waals surface area contributed by atoms with Crippen LogP contribution < -0.4 is 5.73 Å². The van der Waals surface area contributed by atoms with Crippen LogP contribution in [0.2, 0.25) is 5.02 Å². The number of nitrogens with zero attached hydrogens (tertiary/aromatic N) is 2. The van der Waals surface area contributed by atoms with Crippen molar-refractivity contribution in [2.75, 3.05) is 5.73 Å². The van der Waals surface area contributed by atoms with E-state index < -0.39 is 0 Å². The van der Waals surface area contributed by atoms with Gasteiger partial charge in [0, 0.05) is 10.6 Å². The summed E-state index contributed by atoms with van der Waals surface area (Å²) in [7, 11) is 0. The van der Waals surface area contributed by atoms with E-state index in [4.69, 9.17) is 17.3 Å². The Labute approximate surface area is 106 Å². The molecule has 0 bridgehead atoms. The Morgan fingerprint density at radius 2 is 1.71 bits per heavy atom. The molecule has 2 N–H and O–H groups in total. The van der Waals surface area contributed by atoms with Gasteiger partial charge in [0.15, 0.2) is 0 Å². The summed E-state index contributed by atoms with van der Waals surface area (Å²) in [6, 6.07) is 5.77. The van der Waals surface area contributed by atoms with E-state index in [2.05, 4.69) is 9.97 Å². The molecule has 4 heteroatoms. The van der Waals surface area contributed by atoms with Gasteiger partial charge < -0.3 is 5.73 Å². The van der Waals surface area contributed by atoms with Gasteiger partial charge in [-0.15, -0.1) is 0 Å². The van der Waals surface area contributed by atoms with Gasteiger partial charge in [-0.2, -0.15) is 0 Å². The molecule has 0 amide bonds. The van der Waals surface area contributed by atoms with Crippen molar-refractivity contribution in [3.63, 3.8) is 0 Å². The Kier molecular flexibility index (Phi) is 3.03. The lowest BCUT2D eigenvalue weighted by Crippen LogP contribution is -2.02. The molecule has 88 valence electrons. The van der Waals surface area contributed by atoms with Crippen LogP contribution in [0.1, 0.15) is 17.0 Å². The van der Waals surface area contributed by atoms with Crippen molar-refractivity contribution in [3.05, 3.63) is 40.2 Å². The smallest absolute Gasteiger partial charge is 0.150 e. The molecule has 0 aliphatic heterocycles. The maximum atomic E-state index is 6.10. The number of aromatic nitrogens is 2. The Bertz CT molecular complexity index is 579. The van der Waals surface area contributed by atoms with Gasteiger partial charge in [-0.1, -0.05) is 23.7 Å². The van der Waals surface area contributed by atoms with Crippen molar-refractivity contribution in [2.45, 2.75) is 20.8 Å². The number of benzene rings is 1. The van der Waals surface area contributed by atoms with Crippen molar-refractivity contribution < 1.29 is 0 Å². The summed E-state index contributed by atoms with van der Waals surface area (Å²) in [6.07, 6.45) is 0. The Balaban J connectivity index is 2.60. The molecule has 3 nitrogen and oxygen atoms in total. The number of hydrogen-bond donors (Lipinski definition) is 1. The minimum Gasteiger partial charge on any atom is -0.382 e. The van der Waals surface area contributed by atoms with Crippen LogP contribution in [-0.4, -0.2) is 9.97 Å². The zero-order valence-corrected chi connectivity index (χ0v) is 10.8. The van der Waals surface area contributed by atoms with Crippen molar-refractivity contribution in [2.24, 2.45) is 0 Å². The van der Waals surface area contributed by atoms with E-state index in [-0.39, 0.29) is 0 Å². The molecule has 0 fully saturated rings. The second kappa shape index (κ2) is 4.34. The Morgan fingerprint density at radius 1 is 1.06 bits per heavy atom. The maximum Gasteiger partial charge on any atom is 0.150 e. The first-order valence-electron chi connectivity index (χ1n) is 5.36. The number of hydrogen-bond acceptors (Lipinski definition) is 3. The van der Waals surface area contributed by atoms with Crippen molar-refractivity contribution in [1.82, 2.24) is 9.97 Å². The van der Waals surface area contributed by atoms with E-state index in [1.165, 1.54) is 0 Å². The van der Waals surface area contributed by atoms with Crippen LogP contribution in [-0.2, 0) is 0 Å². The van der Waals surface area contributed by atoms with Crippen molar-refractivity contribution >= 4 is 17.4 Å². The van der Waals surface area contributed by atoms with E-state index >= 15 is 0 Å². The highest BCUT2D eigenvalue weighted by Crippen LogP contribution is 2.27. The first kappa shape index (κ1) is 11.9. The molecule has 0 atom stereocenters. The summed E-state index contributed by atoms with van der Waals surface area (Å²) in [5.74, 6) is 0.438. The molecule has 0 unspecified atom stereocenters. The molecule has 2 aromatic rings. The first-order valence-corrected chi connectivity index (χ1v) is 5.74. The highest BCUT2D eigenvalue weighted by atomic mass is 35.5. The van der Waals surface area contributed by atoms with Crippen molar-refractivity contribution in [3.8, 4) is 11.3 Å². The fraction of sp³-hybridized carbons (Fsp3) is 0.231. The second-order valence-corrected chi connectivity index (χ2v) is 4.50. The number of anilines is 1. The summed E-state index contributed by atoms with van der Waals surface area (Å²) in [5, 5.41) is 0.710. The summed E-state index contributed by atoms with van der Waals surface area (Å²) in [4.78, 5) is 8.74. The Morgan fingerprint density at radius 3 is 2.35 bits per heavy atom. The van der Waals surface area contributed by atoms with Crippen molar-refractivity contribution in [1.29, 1.82) is 0 Å². The van der Waals surface area contributed by atoms with Crippen LogP contribution in [0, 0.1) is 20.8 Å². The monoisotopic (exact) mass is 247 g/mol. The van der Waals surface area contributed by atoms with Crippen LogP contribution >= 0.6 is 11.6 Å². The van der Waals surface area contributed by atoms with Crippen LogP contribution in [0.3, 0.4) is 0 Å². The maximum absolute atomic E-state index is 6.10. The summed E-state index contributed by atoms with van der Waals surface area (Å²) >= 11 is 6.10. The van der Waals surface area contributed by atoms with Gasteiger partial charge in [0.1, 0.15) is 11.5 Å². The van der Waals surface area contributed by atoms with E-state index in [9.17, 15) is 0 Å². The third kappa shape index (κ3) is 2.24. The number of aryl methyl sites for hydroxylation is 3. The van der Waals surface area contributed by atoms with E-state index in [1.54, 1.807) is 0 Å². The van der Waals surface area contributed by atoms with E-state index in [0.29, 0.717) is 16.5 Å². The molecule has 0 spiro atoms. The molecule has 2 rings (SSSR count). The molecule has 1 aromatic carbocycles. The van der Waals surface area contributed by atoms with E-state index in [0.717, 1.165) is 22.5 Å². The fourth-order valence-electron chi connectivity index (χ4n) is 1.57. The molecule has 0 saturated heterocycles. The molecule has 0 radical (unpaired) electrons. The SMILES string of the molecule is Cc1ccc(-c2nc(C)c(C)nc2N)cc1Cl. The standard InChI is InChI=1S/C13H14ClN3/c1-7-4-5-10(6-11(7)14)12-13(15)17-9(3)8(2)16-12/h4-6H,1-3H3,(H2,15,17). The number of rotatable bonds is 1. The number of nitrogen functional groups attached to an aromatic ring is 1. The molecular weight excluding hydrogens is 234 g/mol. The lowest BCUT2D eigenvalue weighted by molar-refractivity contribution is 1.06. The third-order valence-electron chi connectivity index (χ3n) is 2.78. The molecule has 0 aliphatic rings. The molecule has 0 aliphatic carbocycles. The first-order chi connectivity index (χ1) is 7.99. The average Bonchev–Trinajstić information content (AvgIpc) is 2.27. The second-order valence-electron chi connectivity index (χ2n) is 4.09. The minimum absolute atomic E-state index is 0.438. The van der Waals surface area contributed by atoms with Crippen LogP contribution in [0.5, 0.6) is 0 Å². The van der Waals surface area contributed by atoms with Gasteiger partial charge >= 0.3 is 0 Å². The summed E-state index contributed by atoms with van der Waals surface area (Å²) < 4.78 is 0. The predicted molar refractivity (Wildman–Crippen MR) is 71.1 cm³/mol. The molecule has 17 heavy (non-hydrogen) atoms. The highest BCUT2D eigenvalue weighted by molar-refractivity contribution is 6.31. The van der Waals surface area contributed by atoms with Gasteiger partial charge in [-0.3, -0.25) is 0 Å². The largest absolute Gasteiger partial charge is 0.382 e. The van der Waals surface area contributed by atoms with Crippen LogP contribution in [0.4, 0.5) is 5.82 Å². The molecule has 1 aromatic heterocycles. The van der Waals surface area contributed by atoms with Gasteiger partial charge in [-0.05, 0) is 32.4 Å². The Hall–Kier alpha value is -1.61. The quantitative estimate of drug-likeness (QED) is 0.841. The predicted octanol–water partition coefficient (Wildman–Crippen LogP) is 3.30.